The number of benzene rings is 2. The summed E-state index contributed by atoms with van der Waals surface area (Å²) in [5.74, 6) is 0.851. The van der Waals surface area contributed by atoms with Crippen LogP contribution >= 0.6 is 22.6 Å². The molecule has 2 aromatic rings. The van der Waals surface area contributed by atoms with Crippen LogP contribution in [0.25, 0.3) is 0 Å². The van der Waals surface area contributed by atoms with Gasteiger partial charge < -0.3 is 14.4 Å². The molecule has 1 aliphatic rings. The molecule has 0 spiro atoms. The Morgan fingerprint density at radius 2 is 2.08 bits per heavy atom. The molecule has 0 radical (unpaired) electrons. The molecule has 0 aromatic heterocycles. The Hall–Kier alpha value is -1.60. The van der Waals surface area contributed by atoms with Gasteiger partial charge in [-0.2, -0.15) is 0 Å². The smallest absolute Gasteiger partial charge is 0.254 e. The standard InChI is InChI=1S/C19H20INO3/c1-14-12-21(9-10-23-14)19(22)16-7-8-18(17(20)11-16)24-13-15-5-3-2-4-6-15/h2-8,11,14H,9-10,12-13H2,1H3/t14-/m1/s1. The Morgan fingerprint density at radius 1 is 1.29 bits per heavy atom. The molecule has 24 heavy (non-hydrogen) atoms. The lowest BCUT2D eigenvalue weighted by atomic mass is 10.1. The third-order valence-corrected chi connectivity index (χ3v) is 4.79. The second-order valence-corrected chi connectivity index (χ2v) is 7.01. The maximum absolute atomic E-state index is 12.6. The van der Waals surface area contributed by atoms with Crippen LogP contribution in [0.2, 0.25) is 0 Å². The molecule has 1 amide bonds. The van der Waals surface area contributed by atoms with E-state index in [4.69, 9.17) is 9.47 Å². The van der Waals surface area contributed by atoms with E-state index in [0.29, 0.717) is 31.9 Å². The molecule has 126 valence electrons. The van der Waals surface area contributed by atoms with Crippen LogP contribution in [0.3, 0.4) is 0 Å². The molecule has 0 N–H and O–H groups in total. The van der Waals surface area contributed by atoms with Crippen LogP contribution in [0.15, 0.2) is 48.5 Å². The summed E-state index contributed by atoms with van der Waals surface area (Å²) in [5.41, 5.74) is 1.82. The minimum atomic E-state index is 0.0534. The van der Waals surface area contributed by atoms with Crippen molar-refractivity contribution in [3.8, 4) is 5.75 Å². The van der Waals surface area contributed by atoms with E-state index in [0.717, 1.165) is 14.9 Å². The first-order valence-electron chi connectivity index (χ1n) is 8.00. The zero-order valence-corrected chi connectivity index (χ0v) is 15.7. The summed E-state index contributed by atoms with van der Waals surface area (Å²) in [4.78, 5) is 14.5. The first-order chi connectivity index (χ1) is 11.6. The van der Waals surface area contributed by atoms with Crippen LogP contribution in [-0.4, -0.2) is 36.6 Å². The lowest BCUT2D eigenvalue weighted by Crippen LogP contribution is -2.44. The fraction of sp³-hybridized carbons (Fsp3) is 0.316. The van der Waals surface area contributed by atoms with Gasteiger partial charge in [0, 0.05) is 18.7 Å². The summed E-state index contributed by atoms with van der Waals surface area (Å²) in [6.07, 6.45) is 0.0928. The number of hydrogen-bond acceptors (Lipinski definition) is 3. The van der Waals surface area contributed by atoms with E-state index in [-0.39, 0.29) is 12.0 Å². The van der Waals surface area contributed by atoms with E-state index in [1.165, 1.54) is 0 Å². The summed E-state index contributed by atoms with van der Waals surface area (Å²) in [7, 11) is 0. The number of ether oxygens (including phenoxy) is 2. The maximum Gasteiger partial charge on any atom is 0.254 e. The van der Waals surface area contributed by atoms with Crippen LogP contribution in [0, 0.1) is 3.57 Å². The Balaban J connectivity index is 1.66. The monoisotopic (exact) mass is 437 g/mol. The highest BCUT2D eigenvalue weighted by atomic mass is 127. The molecule has 1 fully saturated rings. The van der Waals surface area contributed by atoms with Gasteiger partial charge in [-0.1, -0.05) is 30.3 Å². The lowest BCUT2D eigenvalue weighted by Gasteiger charge is -2.31. The van der Waals surface area contributed by atoms with E-state index in [1.807, 2.05) is 60.4 Å². The van der Waals surface area contributed by atoms with E-state index < -0.39 is 0 Å². The Kier molecular flexibility index (Phi) is 5.73. The van der Waals surface area contributed by atoms with Crippen molar-refractivity contribution in [2.24, 2.45) is 0 Å². The highest BCUT2D eigenvalue weighted by molar-refractivity contribution is 14.1. The number of hydrogen-bond donors (Lipinski definition) is 0. The Morgan fingerprint density at radius 3 is 2.79 bits per heavy atom. The molecule has 2 aromatic carbocycles. The molecule has 1 heterocycles. The predicted octanol–water partition coefficient (Wildman–Crippen LogP) is 3.73. The highest BCUT2D eigenvalue weighted by Gasteiger charge is 2.23. The van der Waals surface area contributed by atoms with Gasteiger partial charge in [-0.05, 0) is 53.3 Å². The van der Waals surface area contributed by atoms with Crippen LogP contribution in [0.4, 0.5) is 0 Å². The average molecular weight is 437 g/mol. The van der Waals surface area contributed by atoms with Gasteiger partial charge in [0.1, 0.15) is 12.4 Å². The molecule has 1 saturated heterocycles. The van der Waals surface area contributed by atoms with Gasteiger partial charge in [0.2, 0.25) is 0 Å². The van der Waals surface area contributed by atoms with Crippen LogP contribution in [0.5, 0.6) is 5.75 Å². The normalized spacial score (nSPS) is 17.6. The number of morpholine rings is 1. The number of halogens is 1. The molecule has 0 unspecified atom stereocenters. The average Bonchev–Trinajstić information content (AvgIpc) is 2.61. The quantitative estimate of drug-likeness (QED) is 0.685. The molecule has 3 rings (SSSR count). The second kappa shape index (κ2) is 7.98. The number of carbonyl (C=O) groups is 1. The third kappa shape index (κ3) is 4.27. The summed E-state index contributed by atoms with van der Waals surface area (Å²) in [6.45, 7) is 4.39. The van der Waals surface area contributed by atoms with Crippen molar-refractivity contribution in [1.29, 1.82) is 0 Å². The van der Waals surface area contributed by atoms with E-state index in [2.05, 4.69) is 22.6 Å². The minimum absolute atomic E-state index is 0.0534. The van der Waals surface area contributed by atoms with Gasteiger partial charge in [-0.25, -0.2) is 0 Å². The van der Waals surface area contributed by atoms with Gasteiger partial charge >= 0.3 is 0 Å². The van der Waals surface area contributed by atoms with Crippen LogP contribution < -0.4 is 4.74 Å². The van der Waals surface area contributed by atoms with Crippen molar-refractivity contribution in [2.45, 2.75) is 19.6 Å². The summed E-state index contributed by atoms with van der Waals surface area (Å²) in [6, 6.07) is 15.6. The zero-order chi connectivity index (χ0) is 16.9. The van der Waals surface area contributed by atoms with E-state index >= 15 is 0 Å². The second-order valence-electron chi connectivity index (χ2n) is 5.85. The van der Waals surface area contributed by atoms with Gasteiger partial charge in [0.25, 0.3) is 5.91 Å². The van der Waals surface area contributed by atoms with Crippen molar-refractivity contribution in [3.05, 3.63) is 63.2 Å². The topological polar surface area (TPSA) is 38.8 Å². The number of rotatable bonds is 4. The van der Waals surface area contributed by atoms with E-state index in [9.17, 15) is 4.79 Å². The molecule has 0 saturated carbocycles. The predicted molar refractivity (Wildman–Crippen MR) is 101 cm³/mol. The van der Waals surface area contributed by atoms with Gasteiger partial charge in [0.15, 0.2) is 0 Å². The molecular weight excluding hydrogens is 417 g/mol. The fourth-order valence-corrected chi connectivity index (χ4v) is 3.34. The molecule has 1 atom stereocenters. The summed E-state index contributed by atoms with van der Waals surface area (Å²) in [5, 5.41) is 0. The van der Waals surface area contributed by atoms with Gasteiger partial charge in [0.05, 0.1) is 16.3 Å². The molecule has 0 bridgehead atoms. The molecular formula is C19H20INO3. The van der Waals surface area contributed by atoms with E-state index in [1.54, 1.807) is 0 Å². The number of amides is 1. The summed E-state index contributed by atoms with van der Waals surface area (Å²) >= 11 is 2.22. The van der Waals surface area contributed by atoms with Crippen molar-refractivity contribution < 1.29 is 14.3 Å². The molecule has 0 aliphatic carbocycles. The molecule has 5 heteroatoms. The number of nitrogens with zero attached hydrogens (tertiary/aromatic N) is 1. The first-order valence-corrected chi connectivity index (χ1v) is 9.08. The SMILES string of the molecule is C[C@@H]1CN(C(=O)c2ccc(OCc3ccccc3)c(I)c2)CCO1. The van der Waals surface area contributed by atoms with Gasteiger partial charge in [-0.3, -0.25) is 4.79 Å². The largest absolute Gasteiger partial charge is 0.488 e. The molecule has 4 nitrogen and oxygen atoms in total. The third-order valence-electron chi connectivity index (χ3n) is 3.94. The van der Waals surface area contributed by atoms with Crippen molar-refractivity contribution in [1.82, 2.24) is 4.90 Å². The zero-order valence-electron chi connectivity index (χ0n) is 13.6. The Bertz CT molecular complexity index is 705. The van der Waals surface area contributed by atoms with Crippen molar-refractivity contribution in [3.63, 3.8) is 0 Å². The molecule has 1 aliphatic heterocycles. The lowest BCUT2D eigenvalue weighted by molar-refractivity contribution is -0.0124. The van der Waals surface area contributed by atoms with Gasteiger partial charge in [-0.15, -0.1) is 0 Å². The van der Waals surface area contributed by atoms with Crippen LogP contribution in [-0.2, 0) is 11.3 Å². The first kappa shape index (κ1) is 17.2. The van der Waals surface area contributed by atoms with Crippen molar-refractivity contribution >= 4 is 28.5 Å². The maximum atomic E-state index is 12.6. The van der Waals surface area contributed by atoms with Crippen molar-refractivity contribution in [2.75, 3.05) is 19.7 Å². The van der Waals surface area contributed by atoms with Crippen LogP contribution in [0.1, 0.15) is 22.8 Å². The Labute approximate surface area is 155 Å². The summed E-state index contributed by atoms with van der Waals surface area (Å²) < 4.78 is 12.3. The highest BCUT2D eigenvalue weighted by Crippen LogP contribution is 2.24. The number of carbonyl (C=O) groups excluding carboxylic acids is 1. The minimum Gasteiger partial charge on any atom is -0.488 e. The fourth-order valence-electron chi connectivity index (χ4n) is 2.67.